The van der Waals surface area contributed by atoms with Crippen LogP contribution in [0, 0.1) is 0 Å². The molecule has 4 heteroatoms. The van der Waals surface area contributed by atoms with E-state index in [0.29, 0.717) is 0 Å². The summed E-state index contributed by atoms with van der Waals surface area (Å²) in [6.45, 7) is 12.0. The Bertz CT molecular complexity index is 194. The zero-order valence-electron chi connectivity index (χ0n) is 9.34. The molecule has 0 aliphatic carbocycles. The molecule has 0 bridgehead atoms. The summed E-state index contributed by atoms with van der Waals surface area (Å²) >= 11 is 0. The first-order valence-electron chi connectivity index (χ1n) is 4.48. The Hall–Kier alpha value is -0.353. The van der Waals surface area contributed by atoms with Crippen LogP contribution in [0.3, 0.4) is 0 Å². The van der Waals surface area contributed by atoms with Crippen molar-refractivity contribution in [3.8, 4) is 0 Å². The van der Waals surface area contributed by atoms with Crippen molar-refractivity contribution < 1.29 is 14.3 Å². The zero-order chi connectivity index (χ0) is 10.9. The largest absolute Gasteiger partial charge is 0.479 e. The molecule has 78 valence electrons. The number of hydrogen-bond acceptors (Lipinski definition) is 2. The van der Waals surface area contributed by atoms with Crippen molar-refractivity contribution in [2.24, 2.45) is 0 Å². The van der Waals surface area contributed by atoms with Gasteiger partial charge in [0, 0.05) is 0 Å². The maximum absolute atomic E-state index is 10.6. The highest BCUT2D eigenvalue weighted by atomic mass is 28.4. The van der Waals surface area contributed by atoms with Gasteiger partial charge in [-0.2, -0.15) is 0 Å². The monoisotopic (exact) mass is 204 g/mol. The lowest BCUT2D eigenvalue weighted by atomic mass is 10.2. The molecule has 0 radical (unpaired) electrons. The van der Waals surface area contributed by atoms with Crippen LogP contribution in [0.1, 0.15) is 27.7 Å². The van der Waals surface area contributed by atoms with Crippen LogP contribution in [0.4, 0.5) is 0 Å². The van der Waals surface area contributed by atoms with E-state index < -0.39 is 20.4 Å². The Morgan fingerprint density at radius 2 is 1.77 bits per heavy atom. The minimum atomic E-state index is -1.91. The van der Waals surface area contributed by atoms with Crippen molar-refractivity contribution in [2.75, 3.05) is 0 Å². The first-order chi connectivity index (χ1) is 5.58. The second kappa shape index (κ2) is 3.80. The first-order valence-corrected chi connectivity index (χ1v) is 7.39. The van der Waals surface area contributed by atoms with E-state index in [1.807, 2.05) is 13.1 Å². The van der Waals surface area contributed by atoms with Crippen molar-refractivity contribution in [2.45, 2.75) is 51.9 Å². The topological polar surface area (TPSA) is 46.5 Å². The average molecular weight is 204 g/mol. The van der Waals surface area contributed by atoms with Gasteiger partial charge in [0.15, 0.2) is 8.32 Å². The van der Waals surface area contributed by atoms with Gasteiger partial charge in [0.25, 0.3) is 0 Å². The smallest absolute Gasteiger partial charge is 0.331 e. The summed E-state index contributed by atoms with van der Waals surface area (Å²) in [6.07, 6.45) is -0.694. The van der Waals surface area contributed by atoms with Crippen LogP contribution in [-0.4, -0.2) is 25.5 Å². The van der Waals surface area contributed by atoms with Crippen molar-refractivity contribution in [1.29, 1.82) is 0 Å². The van der Waals surface area contributed by atoms with Crippen LogP contribution in [-0.2, 0) is 9.22 Å². The van der Waals surface area contributed by atoms with Gasteiger partial charge in [-0.05, 0) is 25.1 Å². The second-order valence-electron chi connectivity index (χ2n) is 4.86. The number of carboxylic acid groups (broad SMARTS) is 1. The molecule has 1 unspecified atom stereocenters. The van der Waals surface area contributed by atoms with Crippen molar-refractivity contribution in [3.63, 3.8) is 0 Å². The summed E-state index contributed by atoms with van der Waals surface area (Å²) in [7, 11) is -1.91. The number of carbonyl (C=O) groups is 1. The van der Waals surface area contributed by atoms with E-state index in [-0.39, 0.29) is 5.04 Å². The van der Waals surface area contributed by atoms with E-state index in [1.165, 1.54) is 0 Å². The molecule has 0 fully saturated rings. The van der Waals surface area contributed by atoms with Gasteiger partial charge < -0.3 is 9.53 Å². The standard InChI is InChI=1S/C9H20O3Si/c1-7(8(10)11)12-13(5,6)9(2,3)4/h7H,1-6H3,(H,10,11). The third-order valence-electron chi connectivity index (χ3n) is 2.63. The van der Waals surface area contributed by atoms with Crippen LogP contribution in [0.15, 0.2) is 0 Å². The Morgan fingerprint density at radius 1 is 1.38 bits per heavy atom. The van der Waals surface area contributed by atoms with Gasteiger partial charge in [-0.25, -0.2) is 4.79 Å². The molecule has 0 amide bonds. The van der Waals surface area contributed by atoms with Crippen molar-refractivity contribution in [3.05, 3.63) is 0 Å². The lowest BCUT2D eigenvalue weighted by Crippen LogP contribution is -2.45. The fraction of sp³-hybridized carbons (Fsp3) is 0.889. The van der Waals surface area contributed by atoms with Gasteiger partial charge >= 0.3 is 5.97 Å². The van der Waals surface area contributed by atoms with Crippen LogP contribution >= 0.6 is 0 Å². The van der Waals surface area contributed by atoms with Gasteiger partial charge in [0.1, 0.15) is 6.10 Å². The maximum atomic E-state index is 10.6. The fourth-order valence-electron chi connectivity index (χ4n) is 0.669. The lowest BCUT2D eigenvalue weighted by molar-refractivity contribution is -0.144. The average Bonchev–Trinajstić information content (AvgIpc) is 1.83. The summed E-state index contributed by atoms with van der Waals surface area (Å²) in [4.78, 5) is 10.6. The summed E-state index contributed by atoms with van der Waals surface area (Å²) in [5.41, 5.74) is 0. The molecule has 13 heavy (non-hydrogen) atoms. The minimum absolute atomic E-state index is 0.0662. The molecule has 0 spiro atoms. The highest BCUT2D eigenvalue weighted by Crippen LogP contribution is 2.37. The van der Waals surface area contributed by atoms with Gasteiger partial charge in [-0.1, -0.05) is 20.8 Å². The van der Waals surface area contributed by atoms with E-state index >= 15 is 0 Å². The highest BCUT2D eigenvalue weighted by molar-refractivity contribution is 6.74. The quantitative estimate of drug-likeness (QED) is 0.718. The molecule has 0 aliphatic rings. The van der Waals surface area contributed by atoms with Crippen LogP contribution in [0.25, 0.3) is 0 Å². The summed E-state index contributed by atoms with van der Waals surface area (Å²) < 4.78 is 5.60. The van der Waals surface area contributed by atoms with Gasteiger partial charge in [0.2, 0.25) is 0 Å². The summed E-state index contributed by atoms with van der Waals surface area (Å²) in [5.74, 6) is -0.884. The Kier molecular flexibility index (Phi) is 3.69. The number of hydrogen-bond donors (Lipinski definition) is 1. The highest BCUT2D eigenvalue weighted by Gasteiger charge is 2.39. The molecule has 0 aromatic carbocycles. The molecule has 0 aromatic heterocycles. The zero-order valence-corrected chi connectivity index (χ0v) is 10.3. The van der Waals surface area contributed by atoms with Crippen LogP contribution in [0.5, 0.6) is 0 Å². The minimum Gasteiger partial charge on any atom is -0.479 e. The molecule has 3 nitrogen and oxygen atoms in total. The Morgan fingerprint density at radius 3 is 2.00 bits per heavy atom. The van der Waals surface area contributed by atoms with E-state index in [9.17, 15) is 4.79 Å². The predicted molar refractivity (Wildman–Crippen MR) is 55.4 cm³/mol. The van der Waals surface area contributed by atoms with Crippen molar-refractivity contribution in [1.82, 2.24) is 0 Å². The number of aliphatic carboxylic acids is 1. The molecule has 0 saturated carbocycles. The normalized spacial score (nSPS) is 15.5. The molecule has 0 heterocycles. The number of carboxylic acids is 1. The molecule has 0 aliphatic heterocycles. The van der Waals surface area contributed by atoms with Gasteiger partial charge in [0.05, 0.1) is 0 Å². The molecular weight excluding hydrogens is 184 g/mol. The molecule has 1 N–H and O–H groups in total. The third kappa shape index (κ3) is 3.48. The molecule has 0 rings (SSSR count). The second-order valence-corrected chi connectivity index (χ2v) is 9.61. The van der Waals surface area contributed by atoms with Gasteiger partial charge in [-0.3, -0.25) is 0 Å². The Balaban J connectivity index is 4.43. The lowest BCUT2D eigenvalue weighted by Gasteiger charge is -2.37. The predicted octanol–water partition coefficient (Wildman–Crippen LogP) is 2.48. The van der Waals surface area contributed by atoms with E-state index in [4.69, 9.17) is 9.53 Å². The van der Waals surface area contributed by atoms with Crippen LogP contribution in [0.2, 0.25) is 18.1 Å². The van der Waals surface area contributed by atoms with E-state index in [1.54, 1.807) is 6.92 Å². The van der Waals surface area contributed by atoms with Crippen LogP contribution < -0.4 is 0 Å². The van der Waals surface area contributed by atoms with Gasteiger partial charge in [-0.15, -0.1) is 0 Å². The van der Waals surface area contributed by atoms with Crippen molar-refractivity contribution >= 4 is 14.3 Å². The maximum Gasteiger partial charge on any atom is 0.331 e. The molecule has 1 atom stereocenters. The summed E-state index contributed by atoms with van der Waals surface area (Å²) in [6, 6.07) is 0. The third-order valence-corrected chi connectivity index (χ3v) is 7.18. The first kappa shape index (κ1) is 12.6. The number of rotatable bonds is 3. The summed E-state index contributed by atoms with van der Waals surface area (Å²) in [5, 5.41) is 8.77. The Labute approximate surface area is 81.2 Å². The molecular formula is C9H20O3Si. The molecule has 0 saturated heterocycles. The van der Waals surface area contributed by atoms with E-state index in [0.717, 1.165) is 0 Å². The SMILES string of the molecule is CC(O[Si](C)(C)C(C)(C)C)C(=O)O. The molecule has 0 aromatic rings. The van der Waals surface area contributed by atoms with E-state index in [2.05, 4.69) is 20.8 Å². The fourth-order valence-corrected chi connectivity index (χ4v) is 2.01.